The van der Waals surface area contributed by atoms with Crippen molar-refractivity contribution in [2.24, 2.45) is 0 Å². The minimum atomic E-state index is -4.62. The lowest BCUT2D eigenvalue weighted by Gasteiger charge is -2.37. The maximum absolute atomic E-state index is 10.7. The van der Waals surface area contributed by atoms with Gasteiger partial charge in [-0.15, -0.1) is 0 Å². The van der Waals surface area contributed by atoms with Crippen molar-refractivity contribution in [1.82, 2.24) is 5.48 Å². The first kappa shape index (κ1) is 11.4. The first-order chi connectivity index (χ1) is 6.97. The van der Waals surface area contributed by atoms with Crippen molar-refractivity contribution in [3.05, 3.63) is 0 Å². The van der Waals surface area contributed by atoms with Crippen LogP contribution in [0.3, 0.4) is 0 Å². The van der Waals surface area contributed by atoms with Gasteiger partial charge in [0.1, 0.15) is 17.8 Å². The van der Waals surface area contributed by atoms with Gasteiger partial charge in [0, 0.05) is 0 Å². The predicted molar refractivity (Wildman–Crippen MR) is 45.6 cm³/mol. The molecular formula is C6H12NO7P. The Morgan fingerprint density at radius 3 is 2.93 bits per heavy atom. The van der Waals surface area contributed by atoms with Crippen LogP contribution in [-0.2, 0) is 18.7 Å². The fourth-order valence-electron chi connectivity index (χ4n) is 1.78. The Kier molecular flexibility index (Phi) is 2.87. The minimum absolute atomic E-state index is 0.116. The highest BCUT2D eigenvalue weighted by molar-refractivity contribution is 7.46. The number of hydroxylamine groups is 1. The van der Waals surface area contributed by atoms with Crippen molar-refractivity contribution >= 4 is 7.82 Å². The van der Waals surface area contributed by atoms with Gasteiger partial charge in [-0.05, 0) is 0 Å². The summed E-state index contributed by atoms with van der Waals surface area (Å²) in [6.07, 6.45) is -1.59. The largest absolute Gasteiger partial charge is 0.470 e. The standard InChI is InChI=1S/C6H12NO7P/c8-3-6-2-7-13-4(1-12-6)5(6)14-15(9,10)11/h4-5,7-8H,1-3H2,(H2,9,10,11). The molecule has 3 unspecified atom stereocenters. The van der Waals surface area contributed by atoms with E-state index >= 15 is 0 Å². The zero-order valence-electron chi connectivity index (χ0n) is 7.70. The summed E-state index contributed by atoms with van der Waals surface area (Å²) in [5.41, 5.74) is 1.40. The molecule has 9 heteroatoms. The number of phosphoric ester groups is 1. The molecule has 0 aromatic rings. The molecule has 0 amide bonds. The van der Waals surface area contributed by atoms with Crippen molar-refractivity contribution < 1.29 is 33.6 Å². The molecule has 2 aliphatic heterocycles. The van der Waals surface area contributed by atoms with Crippen LogP contribution in [0, 0.1) is 0 Å². The Hall–Kier alpha value is -0.0500. The number of rotatable bonds is 3. The molecule has 2 aliphatic rings. The Morgan fingerprint density at radius 2 is 2.33 bits per heavy atom. The normalized spacial score (nSPS) is 40.7. The van der Waals surface area contributed by atoms with Crippen molar-refractivity contribution in [3.8, 4) is 0 Å². The molecule has 0 spiro atoms. The molecule has 0 radical (unpaired) electrons. The molecule has 0 saturated carbocycles. The highest BCUT2D eigenvalue weighted by atomic mass is 31.2. The summed E-state index contributed by atoms with van der Waals surface area (Å²) in [7, 11) is -4.62. The second kappa shape index (κ2) is 3.76. The zero-order chi connectivity index (χ0) is 11.1. The maximum Gasteiger partial charge on any atom is 0.470 e. The zero-order valence-corrected chi connectivity index (χ0v) is 8.59. The van der Waals surface area contributed by atoms with Gasteiger partial charge in [-0.25, -0.2) is 4.57 Å². The highest BCUT2D eigenvalue weighted by Gasteiger charge is 2.56. The van der Waals surface area contributed by atoms with Gasteiger partial charge in [0.05, 0.1) is 19.8 Å². The van der Waals surface area contributed by atoms with Crippen molar-refractivity contribution in [2.45, 2.75) is 17.8 Å². The van der Waals surface area contributed by atoms with Gasteiger partial charge in [-0.2, -0.15) is 5.48 Å². The number of fused-ring (bicyclic) bond motifs is 2. The second-order valence-corrected chi connectivity index (χ2v) is 4.72. The van der Waals surface area contributed by atoms with Gasteiger partial charge in [-0.3, -0.25) is 9.36 Å². The third kappa shape index (κ3) is 2.08. The summed E-state index contributed by atoms with van der Waals surface area (Å²) >= 11 is 0. The molecule has 15 heavy (non-hydrogen) atoms. The van der Waals surface area contributed by atoms with Gasteiger partial charge in [0.2, 0.25) is 0 Å². The number of aliphatic hydroxyl groups excluding tert-OH is 1. The molecule has 2 saturated heterocycles. The number of hydrogen-bond acceptors (Lipinski definition) is 6. The summed E-state index contributed by atoms with van der Waals surface area (Å²) in [5.74, 6) is 0. The average molecular weight is 241 g/mol. The van der Waals surface area contributed by atoms with E-state index in [9.17, 15) is 9.67 Å². The van der Waals surface area contributed by atoms with Gasteiger partial charge < -0.3 is 19.6 Å². The maximum atomic E-state index is 10.7. The summed E-state index contributed by atoms with van der Waals surface area (Å²) in [4.78, 5) is 22.4. The van der Waals surface area contributed by atoms with E-state index in [0.717, 1.165) is 0 Å². The summed E-state index contributed by atoms with van der Waals surface area (Å²) in [6.45, 7) is -0.159. The van der Waals surface area contributed by atoms with Crippen molar-refractivity contribution in [1.29, 1.82) is 0 Å². The van der Waals surface area contributed by atoms with Crippen LogP contribution in [-0.4, -0.2) is 52.5 Å². The number of hydrogen-bond donors (Lipinski definition) is 4. The molecule has 2 fully saturated rings. The van der Waals surface area contributed by atoms with Gasteiger partial charge in [0.15, 0.2) is 0 Å². The van der Waals surface area contributed by atoms with Crippen molar-refractivity contribution in [2.75, 3.05) is 19.8 Å². The summed E-state index contributed by atoms with van der Waals surface area (Å²) in [6, 6.07) is 0. The van der Waals surface area contributed by atoms with Gasteiger partial charge >= 0.3 is 7.82 Å². The third-order valence-corrected chi connectivity index (χ3v) is 3.02. The molecule has 0 aromatic carbocycles. The summed E-state index contributed by atoms with van der Waals surface area (Å²) in [5, 5.41) is 9.18. The second-order valence-electron chi connectivity index (χ2n) is 3.53. The molecule has 2 rings (SSSR count). The van der Waals surface area contributed by atoms with E-state index < -0.39 is 32.2 Å². The minimum Gasteiger partial charge on any atom is -0.393 e. The molecule has 4 N–H and O–H groups in total. The Morgan fingerprint density at radius 1 is 1.60 bits per heavy atom. The van der Waals surface area contributed by atoms with E-state index in [4.69, 9.17) is 19.4 Å². The lowest BCUT2D eigenvalue weighted by atomic mass is 9.96. The average Bonchev–Trinajstić information content (AvgIpc) is 2.35. The third-order valence-electron chi connectivity index (χ3n) is 2.52. The Labute approximate surface area is 85.3 Å². The topological polar surface area (TPSA) is 117 Å². The van der Waals surface area contributed by atoms with E-state index in [0.29, 0.717) is 0 Å². The molecule has 3 atom stereocenters. The van der Waals surface area contributed by atoms with Gasteiger partial charge in [-0.1, -0.05) is 0 Å². The summed E-state index contributed by atoms with van der Waals surface area (Å²) < 4.78 is 20.6. The first-order valence-electron chi connectivity index (χ1n) is 4.34. The molecule has 8 nitrogen and oxygen atoms in total. The van der Waals surface area contributed by atoms with Crippen molar-refractivity contribution in [3.63, 3.8) is 0 Å². The van der Waals surface area contributed by atoms with Crippen LogP contribution in [0.2, 0.25) is 0 Å². The van der Waals surface area contributed by atoms with Crippen LogP contribution in [0.1, 0.15) is 0 Å². The van der Waals surface area contributed by atoms with Crippen LogP contribution in [0.5, 0.6) is 0 Å². The smallest absolute Gasteiger partial charge is 0.393 e. The number of phosphoric acid groups is 1. The number of aliphatic hydroxyl groups is 1. The van der Waals surface area contributed by atoms with E-state index in [-0.39, 0.29) is 13.2 Å². The molecule has 2 bridgehead atoms. The lowest BCUT2D eigenvalue weighted by Crippen LogP contribution is -2.59. The van der Waals surface area contributed by atoms with Crippen LogP contribution in [0.15, 0.2) is 0 Å². The van der Waals surface area contributed by atoms with Crippen LogP contribution in [0.4, 0.5) is 0 Å². The Balaban J connectivity index is 2.18. The quantitative estimate of drug-likeness (QED) is 0.424. The Bertz CT molecular complexity index is 289. The van der Waals surface area contributed by atoms with E-state index in [2.05, 4.69) is 10.0 Å². The molecular weight excluding hydrogens is 229 g/mol. The first-order valence-corrected chi connectivity index (χ1v) is 5.87. The number of nitrogens with one attached hydrogen (secondary N) is 1. The lowest BCUT2D eigenvalue weighted by molar-refractivity contribution is -0.154. The van der Waals surface area contributed by atoms with Gasteiger partial charge in [0.25, 0.3) is 0 Å². The number of ether oxygens (including phenoxy) is 1. The predicted octanol–water partition coefficient (Wildman–Crippen LogP) is -1.87. The van der Waals surface area contributed by atoms with Crippen LogP contribution < -0.4 is 5.48 Å². The van der Waals surface area contributed by atoms with Crippen LogP contribution in [0.25, 0.3) is 0 Å². The molecule has 88 valence electrons. The highest BCUT2D eigenvalue weighted by Crippen LogP contribution is 2.45. The molecule has 0 aliphatic carbocycles. The fraction of sp³-hybridized carbons (Fsp3) is 1.00. The fourth-order valence-corrected chi connectivity index (χ4v) is 2.40. The SMILES string of the molecule is O=P(O)(O)OC1C2COC1(CO)CNO2. The molecule has 2 heterocycles. The van der Waals surface area contributed by atoms with E-state index in [1.807, 2.05) is 0 Å². The van der Waals surface area contributed by atoms with E-state index in [1.54, 1.807) is 0 Å². The monoisotopic (exact) mass is 241 g/mol. The molecule has 0 aromatic heterocycles. The van der Waals surface area contributed by atoms with Crippen LogP contribution >= 0.6 is 7.82 Å². The van der Waals surface area contributed by atoms with E-state index in [1.165, 1.54) is 0 Å².